The largest absolute Gasteiger partial charge is 0.260 e. The van der Waals surface area contributed by atoms with Gasteiger partial charge in [0, 0.05) is 6.20 Å². The van der Waals surface area contributed by atoms with Gasteiger partial charge in [0.1, 0.15) is 0 Å². The zero-order chi connectivity index (χ0) is 8.48. The maximum absolute atomic E-state index is 10.7. The van der Waals surface area contributed by atoms with Gasteiger partial charge in [-0.1, -0.05) is 0 Å². The number of aryl methyl sites for hydroxylation is 1. The van der Waals surface area contributed by atoms with E-state index in [1.807, 2.05) is 0 Å². The molecule has 1 rings (SSSR count). The van der Waals surface area contributed by atoms with Crippen molar-refractivity contribution in [2.45, 2.75) is 11.9 Å². The Bertz CT molecular complexity index is 360. The smallest absolute Gasteiger partial charge is 0.257 e. The van der Waals surface area contributed by atoms with Crippen molar-refractivity contribution >= 4 is 10.0 Å². The fraction of sp³-hybridized carbons (Fsp3) is 0.200. The van der Waals surface area contributed by atoms with E-state index in [0.717, 1.165) is 6.20 Å². The number of nitrogens with zero attached hydrogens (tertiary/aromatic N) is 2. The molecule has 0 saturated heterocycles. The van der Waals surface area contributed by atoms with Gasteiger partial charge in [0.2, 0.25) is 0 Å². The predicted octanol–water partition coefficient (Wildman–Crippen LogP) is -0.568. The quantitative estimate of drug-likeness (QED) is 0.616. The topological polar surface area (TPSA) is 85.9 Å². The highest BCUT2D eigenvalue weighted by Crippen LogP contribution is 1.99. The Morgan fingerprint density at radius 2 is 2.09 bits per heavy atom. The van der Waals surface area contributed by atoms with Gasteiger partial charge >= 0.3 is 0 Å². The maximum atomic E-state index is 10.7. The van der Waals surface area contributed by atoms with E-state index in [2.05, 4.69) is 9.97 Å². The van der Waals surface area contributed by atoms with Crippen molar-refractivity contribution in [2.24, 2.45) is 5.14 Å². The molecule has 0 aromatic carbocycles. The minimum absolute atomic E-state index is 0.197. The van der Waals surface area contributed by atoms with Gasteiger partial charge in [-0.3, -0.25) is 4.98 Å². The number of hydrogen-bond donors (Lipinski definition) is 1. The summed E-state index contributed by atoms with van der Waals surface area (Å²) in [7, 11) is -3.70. The van der Waals surface area contributed by atoms with Crippen LogP contribution in [0.15, 0.2) is 17.4 Å². The first-order valence-electron chi connectivity index (χ1n) is 2.81. The van der Waals surface area contributed by atoms with E-state index in [0.29, 0.717) is 5.69 Å². The number of primary sulfonamides is 1. The number of nitrogens with two attached hydrogens (primary N) is 1. The van der Waals surface area contributed by atoms with Gasteiger partial charge in [-0.15, -0.1) is 0 Å². The molecule has 0 aliphatic heterocycles. The van der Waals surface area contributed by atoms with Crippen molar-refractivity contribution in [3.63, 3.8) is 0 Å². The van der Waals surface area contributed by atoms with E-state index in [9.17, 15) is 8.42 Å². The molecule has 1 aromatic rings. The Kier molecular flexibility index (Phi) is 1.88. The molecule has 0 bridgehead atoms. The highest BCUT2D eigenvalue weighted by molar-refractivity contribution is 7.89. The number of sulfonamides is 1. The maximum Gasteiger partial charge on any atom is 0.257 e. The van der Waals surface area contributed by atoms with Crippen molar-refractivity contribution in [3.8, 4) is 0 Å². The van der Waals surface area contributed by atoms with Gasteiger partial charge < -0.3 is 0 Å². The highest BCUT2D eigenvalue weighted by atomic mass is 32.2. The normalized spacial score (nSPS) is 11.5. The van der Waals surface area contributed by atoms with Gasteiger partial charge in [0.15, 0.2) is 5.03 Å². The fourth-order valence-electron chi connectivity index (χ4n) is 0.578. The zero-order valence-corrected chi connectivity index (χ0v) is 6.67. The average molecular weight is 173 g/mol. The lowest BCUT2D eigenvalue weighted by Gasteiger charge is -1.95. The molecule has 1 heterocycles. The van der Waals surface area contributed by atoms with Crippen LogP contribution in [0.25, 0.3) is 0 Å². The fourth-order valence-corrected chi connectivity index (χ4v) is 1.06. The molecule has 60 valence electrons. The molecule has 0 unspecified atom stereocenters. The van der Waals surface area contributed by atoms with Crippen LogP contribution in [-0.2, 0) is 10.0 Å². The first kappa shape index (κ1) is 8.09. The first-order valence-corrected chi connectivity index (χ1v) is 4.36. The lowest BCUT2D eigenvalue weighted by molar-refractivity contribution is 0.593. The molecule has 5 nitrogen and oxygen atoms in total. The van der Waals surface area contributed by atoms with Crippen LogP contribution in [0.1, 0.15) is 5.69 Å². The van der Waals surface area contributed by atoms with E-state index < -0.39 is 10.0 Å². The summed E-state index contributed by atoms with van der Waals surface area (Å²) in [4.78, 5) is 7.30. The number of rotatable bonds is 1. The molecule has 0 saturated carbocycles. The van der Waals surface area contributed by atoms with Crippen LogP contribution >= 0.6 is 0 Å². The SMILES string of the molecule is Cc1cncc(S(N)(=O)=O)n1. The highest BCUT2D eigenvalue weighted by Gasteiger charge is 2.08. The van der Waals surface area contributed by atoms with Crippen molar-refractivity contribution < 1.29 is 8.42 Å². The third-order valence-electron chi connectivity index (χ3n) is 1.02. The van der Waals surface area contributed by atoms with Crippen molar-refractivity contribution in [1.29, 1.82) is 0 Å². The molecule has 1 aromatic heterocycles. The molecule has 0 spiro atoms. The summed E-state index contributed by atoms with van der Waals surface area (Å²) in [5.74, 6) is 0. The van der Waals surface area contributed by atoms with E-state index in [4.69, 9.17) is 5.14 Å². The third kappa shape index (κ3) is 1.95. The van der Waals surface area contributed by atoms with Crippen LogP contribution in [0.2, 0.25) is 0 Å². The summed E-state index contributed by atoms with van der Waals surface area (Å²) in [5.41, 5.74) is 0.525. The molecule has 0 aliphatic carbocycles. The molecular weight excluding hydrogens is 166 g/mol. The van der Waals surface area contributed by atoms with Crippen molar-refractivity contribution in [2.75, 3.05) is 0 Å². The second-order valence-corrected chi connectivity index (χ2v) is 3.55. The molecule has 2 N–H and O–H groups in total. The molecule has 0 fully saturated rings. The monoisotopic (exact) mass is 173 g/mol. The average Bonchev–Trinajstić information content (AvgIpc) is 1.86. The Morgan fingerprint density at radius 3 is 2.45 bits per heavy atom. The Labute approximate surface area is 64.3 Å². The lowest BCUT2D eigenvalue weighted by Crippen LogP contribution is -2.14. The van der Waals surface area contributed by atoms with Crippen molar-refractivity contribution in [3.05, 3.63) is 18.1 Å². The number of hydrogen-bond acceptors (Lipinski definition) is 4. The molecule has 0 radical (unpaired) electrons. The molecule has 6 heteroatoms. The van der Waals surface area contributed by atoms with E-state index >= 15 is 0 Å². The molecule has 11 heavy (non-hydrogen) atoms. The van der Waals surface area contributed by atoms with Crippen molar-refractivity contribution in [1.82, 2.24) is 9.97 Å². The van der Waals surface area contributed by atoms with E-state index in [1.165, 1.54) is 6.20 Å². The summed E-state index contributed by atoms with van der Waals surface area (Å²) in [6, 6.07) is 0. The Hall–Kier alpha value is -1.01. The van der Waals surface area contributed by atoms with Gasteiger partial charge in [0.05, 0.1) is 11.9 Å². The van der Waals surface area contributed by atoms with Crippen LogP contribution in [0.3, 0.4) is 0 Å². The lowest BCUT2D eigenvalue weighted by atomic mass is 10.5. The minimum Gasteiger partial charge on any atom is -0.260 e. The van der Waals surface area contributed by atoms with Crippen LogP contribution in [0, 0.1) is 6.92 Å². The Morgan fingerprint density at radius 1 is 1.45 bits per heavy atom. The summed E-state index contributed by atoms with van der Waals surface area (Å²) in [5, 5.41) is 4.60. The summed E-state index contributed by atoms with van der Waals surface area (Å²) in [6.45, 7) is 1.64. The summed E-state index contributed by atoms with van der Waals surface area (Å²) in [6.07, 6.45) is 2.57. The molecule has 0 atom stereocenters. The van der Waals surface area contributed by atoms with Gasteiger partial charge in [-0.2, -0.15) is 0 Å². The minimum atomic E-state index is -3.70. The van der Waals surface area contributed by atoms with Crippen LogP contribution < -0.4 is 5.14 Å². The third-order valence-corrected chi connectivity index (χ3v) is 1.80. The van der Waals surface area contributed by atoms with Crippen LogP contribution in [-0.4, -0.2) is 18.4 Å². The molecular formula is C5H7N3O2S. The molecule has 0 amide bonds. The second kappa shape index (κ2) is 2.55. The zero-order valence-electron chi connectivity index (χ0n) is 5.85. The first-order chi connectivity index (χ1) is 5.00. The standard InChI is InChI=1S/C5H7N3O2S/c1-4-2-7-3-5(8-4)11(6,9)10/h2-3H,1H3,(H2,6,9,10). The van der Waals surface area contributed by atoms with Crippen LogP contribution in [0.4, 0.5) is 0 Å². The van der Waals surface area contributed by atoms with E-state index in [-0.39, 0.29) is 5.03 Å². The van der Waals surface area contributed by atoms with E-state index in [1.54, 1.807) is 6.92 Å². The Balaban J connectivity index is 3.28. The van der Waals surface area contributed by atoms with Gasteiger partial charge in [-0.05, 0) is 6.92 Å². The second-order valence-electron chi connectivity index (χ2n) is 2.04. The number of aromatic nitrogens is 2. The predicted molar refractivity (Wildman–Crippen MR) is 38.1 cm³/mol. The summed E-state index contributed by atoms with van der Waals surface area (Å²) >= 11 is 0. The molecule has 0 aliphatic rings. The van der Waals surface area contributed by atoms with Gasteiger partial charge in [0.25, 0.3) is 10.0 Å². The van der Waals surface area contributed by atoms with Crippen LogP contribution in [0.5, 0.6) is 0 Å². The summed E-state index contributed by atoms with van der Waals surface area (Å²) < 4.78 is 21.3. The van der Waals surface area contributed by atoms with Gasteiger partial charge in [-0.25, -0.2) is 18.5 Å².